The SMILES string of the molecule is C=C/C(C#Cc1ccc(F)c(F)c1)=C\C.C=C/C(C#Cc1ccc(F)cc1)=C\C. The van der Waals surface area contributed by atoms with Gasteiger partial charge in [0.2, 0.25) is 0 Å². The Morgan fingerprint density at radius 3 is 1.66 bits per heavy atom. The molecule has 0 unspecified atom stereocenters. The van der Waals surface area contributed by atoms with Crippen molar-refractivity contribution < 1.29 is 13.2 Å². The zero-order valence-corrected chi connectivity index (χ0v) is 16.4. The molecule has 0 heterocycles. The van der Waals surface area contributed by atoms with Crippen LogP contribution in [-0.2, 0) is 0 Å². The topological polar surface area (TPSA) is 0 Å². The molecule has 0 radical (unpaired) electrons. The van der Waals surface area contributed by atoms with Gasteiger partial charge in [-0.3, -0.25) is 0 Å². The third kappa shape index (κ3) is 8.69. The highest BCUT2D eigenvalue weighted by molar-refractivity contribution is 5.45. The number of benzene rings is 2. The van der Waals surface area contributed by atoms with Gasteiger partial charge in [-0.25, -0.2) is 13.2 Å². The van der Waals surface area contributed by atoms with Crippen LogP contribution in [0.4, 0.5) is 13.2 Å². The van der Waals surface area contributed by atoms with Crippen LogP contribution in [-0.4, -0.2) is 0 Å². The molecule has 3 heteroatoms. The summed E-state index contributed by atoms with van der Waals surface area (Å²) in [6.07, 6.45) is 6.97. The Morgan fingerprint density at radius 2 is 1.21 bits per heavy atom. The van der Waals surface area contributed by atoms with Crippen LogP contribution in [0.15, 0.2) is 91.1 Å². The van der Waals surface area contributed by atoms with Gasteiger partial charge < -0.3 is 0 Å². The molecule has 0 spiro atoms. The summed E-state index contributed by atoms with van der Waals surface area (Å²) in [6.45, 7) is 10.9. The minimum Gasteiger partial charge on any atom is -0.207 e. The lowest BCUT2D eigenvalue weighted by Crippen LogP contribution is -1.84. The van der Waals surface area contributed by atoms with Crippen molar-refractivity contribution in [3.63, 3.8) is 0 Å². The minimum atomic E-state index is -0.887. The van der Waals surface area contributed by atoms with Crippen molar-refractivity contribution in [2.24, 2.45) is 0 Å². The van der Waals surface area contributed by atoms with E-state index in [2.05, 4.69) is 36.8 Å². The summed E-state index contributed by atoms with van der Waals surface area (Å²) >= 11 is 0. The number of hydrogen-bond acceptors (Lipinski definition) is 0. The summed E-state index contributed by atoms with van der Waals surface area (Å²) in [7, 11) is 0. The molecule has 0 aliphatic rings. The second-order valence-corrected chi connectivity index (χ2v) is 5.53. The summed E-state index contributed by atoms with van der Waals surface area (Å²) in [5.74, 6) is 9.35. The molecular formula is C26H21F3. The first-order valence-electron chi connectivity index (χ1n) is 8.75. The lowest BCUT2D eigenvalue weighted by molar-refractivity contribution is 0.508. The van der Waals surface area contributed by atoms with Gasteiger partial charge in [-0.1, -0.05) is 61.1 Å². The molecule has 2 aromatic carbocycles. The van der Waals surface area contributed by atoms with Gasteiger partial charge in [0, 0.05) is 22.3 Å². The van der Waals surface area contributed by atoms with Gasteiger partial charge >= 0.3 is 0 Å². The van der Waals surface area contributed by atoms with E-state index in [9.17, 15) is 13.2 Å². The monoisotopic (exact) mass is 390 g/mol. The van der Waals surface area contributed by atoms with Crippen LogP contribution in [0.25, 0.3) is 0 Å². The quantitative estimate of drug-likeness (QED) is 0.393. The number of halogens is 3. The molecule has 0 aromatic heterocycles. The zero-order valence-electron chi connectivity index (χ0n) is 16.4. The first-order valence-corrected chi connectivity index (χ1v) is 8.75. The molecular weight excluding hydrogens is 369 g/mol. The van der Waals surface area contributed by atoms with E-state index < -0.39 is 11.6 Å². The first-order chi connectivity index (χ1) is 13.9. The fourth-order valence-corrected chi connectivity index (χ4v) is 1.88. The highest BCUT2D eigenvalue weighted by Gasteiger charge is 1.99. The molecule has 0 fully saturated rings. The molecule has 0 atom stereocenters. The van der Waals surface area contributed by atoms with Crippen molar-refractivity contribution in [1.82, 2.24) is 0 Å². The molecule has 2 rings (SSSR count). The Morgan fingerprint density at radius 1 is 0.724 bits per heavy atom. The maximum absolute atomic E-state index is 12.8. The van der Waals surface area contributed by atoms with E-state index in [0.717, 1.165) is 28.8 Å². The van der Waals surface area contributed by atoms with Crippen molar-refractivity contribution in [3.8, 4) is 23.7 Å². The minimum absolute atomic E-state index is 0.245. The largest absolute Gasteiger partial charge is 0.207 e. The second kappa shape index (κ2) is 12.7. The molecule has 0 amide bonds. The van der Waals surface area contributed by atoms with Gasteiger partial charge in [-0.15, -0.1) is 0 Å². The third-order valence-corrected chi connectivity index (χ3v) is 3.53. The molecule has 0 saturated heterocycles. The van der Waals surface area contributed by atoms with E-state index in [1.54, 1.807) is 30.4 Å². The van der Waals surface area contributed by atoms with Crippen LogP contribution in [0.2, 0.25) is 0 Å². The van der Waals surface area contributed by atoms with Crippen molar-refractivity contribution in [3.05, 3.63) is 120 Å². The summed E-state index contributed by atoms with van der Waals surface area (Å²) in [5, 5.41) is 0. The van der Waals surface area contributed by atoms with Gasteiger partial charge in [-0.2, -0.15) is 0 Å². The molecule has 0 saturated carbocycles. The Kier molecular flexibility index (Phi) is 10.2. The summed E-state index contributed by atoms with van der Waals surface area (Å²) < 4.78 is 37.9. The number of allylic oxidation sites excluding steroid dienone is 6. The lowest BCUT2D eigenvalue weighted by Gasteiger charge is -1.92. The van der Waals surface area contributed by atoms with Crippen LogP contribution < -0.4 is 0 Å². The molecule has 2 aromatic rings. The van der Waals surface area contributed by atoms with E-state index in [1.807, 2.05) is 19.9 Å². The lowest BCUT2D eigenvalue weighted by atomic mass is 10.2. The molecule has 0 nitrogen and oxygen atoms in total. The molecule has 146 valence electrons. The van der Waals surface area contributed by atoms with E-state index in [1.165, 1.54) is 18.2 Å². The van der Waals surface area contributed by atoms with Gasteiger partial charge in [0.05, 0.1) is 0 Å². The van der Waals surface area contributed by atoms with Crippen LogP contribution in [0.1, 0.15) is 25.0 Å². The van der Waals surface area contributed by atoms with Crippen molar-refractivity contribution in [2.45, 2.75) is 13.8 Å². The van der Waals surface area contributed by atoms with E-state index >= 15 is 0 Å². The second-order valence-electron chi connectivity index (χ2n) is 5.53. The smallest absolute Gasteiger partial charge is 0.160 e. The summed E-state index contributed by atoms with van der Waals surface area (Å²) in [6, 6.07) is 9.65. The average molecular weight is 390 g/mol. The van der Waals surface area contributed by atoms with Crippen molar-refractivity contribution in [2.75, 3.05) is 0 Å². The van der Waals surface area contributed by atoms with E-state index in [0.29, 0.717) is 5.56 Å². The fraction of sp³-hybridized carbons (Fsp3) is 0.0769. The predicted octanol–water partition coefficient (Wildman–Crippen LogP) is 6.76. The third-order valence-electron chi connectivity index (χ3n) is 3.53. The highest BCUT2D eigenvalue weighted by Crippen LogP contribution is 2.07. The van der Waals surface area contributed by atoms with E-state index in [4.69, 9.17) is 0 Å². The molecule has 29 heavy (non-hydrogen) atoms. The highest BCUT2D eigenvalue weighted by atomic mass is 19.2. The number of rotatable bonds is 2. The van der Waals surface area contributed by atoms with Crippen molar-refractivity contribution >= 4 is 0 Å². The van der Waals surface area contributed by atoms with Gasteiger partial charge in [0.15, 0.2) is 11.6 Å². The molecule has 0 aliphatic carbocycles. The van der Waals surface area contributed by atoms with Crippen LogP contribution in [0.3, 0.4) is 0 Å². The first kappa shape index (κ1) is 23.3. The van der Waals surface area contributed by atoms with Crippen molar-refractivity contribution in [1.29, 1.82) is 0 Å². The molecule has 0 bridgehead atoms. The fourth-order valence-electron chi connectivity index (χ4n) is 1.88. The van der Waals surface area contributed by atoms with Crippen LogP contribution >= 0.6 is 0 Å². The Bertz CT molecular complexity index is 1030. The molecule has 0 N–H and O–H groups in total. The van der Waals surface area contributed by atoms with Gasteiger partial charge in [0.25, 0.3) is 0 Å². The average Bonchev–Trinajstić information content (AvgIpc) is 2.74. The van der Waals surface area contributed by atoms with E-state index in [-0.39, 0.29) is 5.82 Å². The zero-order chi connectivity index (χ0) is 21.6. The number of hydrogen-bond donors (Lipinski definition) is 0. The summed E-state index contributed by atoms with van der Waals surface area (Å²) in [5.41, 5.74) is 2.86. The standard InChI is InChI=1S/C13H10F2.C13H11F/c1-3-10(4-2)5-6-11-7-8-12(14)13(15)9-11;1-3-11(4-2)5-6-12-7-9-13(14)10-8-12/h3-4,7-9H,1H2,2H3;3-4,7-10H,1H2,2H3/b10-4+;11-4+. The van der Waals surface area contributed by atoms with Gasteiger partial charge in [0.1, 0.15) is 5.82 Å². The summed E-state index contributed by atoms with van der Waals surface area (Å²) in [4.78, 5) is 0. The maximum Gasteiger partial charge on any atom is 0.160 e. The predicted molar refractivity (Wildman–Crippen MR) is 114 cm³/mol. The van der Waals surface area contributed by atoms with Crippen LogP contribution in [0, 0.1) is 41.1 Å². The Hall–Kier alpha value is -3.69. The Balaban J connectivity index is 0.000000291. The molecule has 0 aliphatic heterocycles. The van der Waals surface area contributed by atoms with Crippen LogP contribution in [0.5, 0.6) is 0 Å². The Labute approximate surface area is 170 Å². The normalized spacial score (nSPS) is 10.4. The van der Waals surface area contributed by atoms with Gasteiger partial charge in [-0.05, 0) is 56.3 Å². The maximum atomic E-state index is 12.8.